The summed E-state index contributed by atoms with van der Waals surface area (Å²) in [5, 5.41) is 10.6. The fourth-order valence-electron chi connectivity index (χ4n) is 3.15. The van der Waals surface area contributed by atoms with Crippen LogP contribution in [-0.2, 0) is 11.3 Å². The van der Waals surface area contributed by atoms with Gasteiger partial charge in [-0.25, -0.2) is 4.98 Å². The molecule has 0 radical (unpaired) electrons. The van der Waals surface area contributed by atoms with Crippen LogP contribution < -0.4 is 5.32 Å². The number of rotatable bonds is 6. The van der Waals surface area contributed by atoms with Crippen molar-refractivity contribution >= 4 is 28.6 Å². The van der Waals surface area contributed by atoms with E-state index in [-0.39, 0.29) is 11.9 Å². The minimum Gasteiger partial charge on any atom is -0.352 e. The fraction of sp³-hybridized carbons (Fsp3) is 0.556. The van der Waals surface area contributed by atoms with E-state index >= 15 is 0 Å². The van der Waals surface area contributed by atoms with E-state index < -0.39 is 0 Å². The van der Waals surface area contributed by atoms with Crippen molar-refractivity contribution in [1.82, 2.24) is 20.1 Å². The van der Waals surface area contributed by atoms with E-state index in [1.807, 2.05) is 6.92 Å². The van der Waals surface area contributed by atoms with Gasteiger partial charge in [-0.2, -0.15) is 11.3 Å². The summed E-state index contributed by atoms with van der Waals surface area (Å²) in [6.07, 6.45) is 2.29. The van der Waals surface area contributed by atoms with Crippen molar-refractivity contribution in [3.8, 4) is 10.6 Å². The summed E-state index contributed by atoms with van der Waals surface area (Å²) in [4.78, 5) is 21.7. The van der Waals surface area contributed by atoms with Gasteiger partial charge in [0.15, 0.2) is 0 Å². The van der Waals surface area contributed by atoms with Crippen LogP contribution in [0.2, 0.25) is 0 Å². The zero-order chi connectivity index (χ0) is 17.2. The first-order chi connectivity index (χ1) is 12.2. The number of amides is 1. The average molecular weight is 377 g/mol. The number of carbonyl (C=O) groups is 1. The van der Waals surface area contributed by atoms with Gasteiger partial charge in [0.25, 0.3) is 0 Å². The quantitative estimate of drug-likeness (QED) is 0.842. The molecule has 1 saturated carbocycles. The summed E-state index contributed by atoms with van der Waals surface area (Å²) in [6.45, 7) is 6.80. The first kappa shape index (κ1) is 17.1. The third kappa shape index (κ3) is 4.28. The molecule has 2 aliphatic rings. The minimum absolute atomic E-state index is 0.0211. The maximum atomic E-state index is 12.2. The summed E-state index contributed by atoms with van der Waals surface area (Å²) in [6, 6.07) is 2.55. The van der Waals surface area contributed by atoms with Crippen molar-refractivity contribution in [2.45, 2.75) is 38.4 Å². The van der Waals surface area contributed by atoms with Crippen molar-refractivity contribution < 1.29 is 4.79 Å². The number of nitrogens with one attached hydrogen (secondary N) is 1. The van der Waals surface area contributed by atoms with Crippen LogP contribution in [-0.4, -0.2) is 59.0 Å². The van der Waals surface area contributed by atoms with Gasteiger partial charge in [0.2, 0.25) is 5.91 Å². The highest BCUT2D eigenvalue weighted by molar-refractivity contribution is 7.14. The second-order valence-corrected chi connectivity index (χ2v) is 8.57. The number of aromatic nitrogens is 1. The first-order valence-corrected chi connectivity index (χ1v) is 10.7. The molecular formula is C18H24N4OS2. The van der Waals surface area contributed by atoms with Crippen molar-refractivity contribution in [1.29, 1.82) is 0 Å². The van der Waals surface area contributed by atoms with Gasteiger partial charge in [0, 0.05) is 55.1 Å². The predicted octanol–water partition coefficient (Wildman–Crippen LogP) is 2.66. The van der Waals surface area contributed by atoms with Crippen molar-refractivity contribution in [3.63, 3.8) is 0 Å². The van der Waals surface area contributed by atoms with Gasteiger partial charge in [0.05, 0.1) is 11.7 Å². The number of carbonyl (C=O) groups excluding carboxylic acids is 1. The molecule has 2 aromatic rings. The summed E-state index contributed by atoms with van der Waals surface area (Å²) in [5.41, 5.74) is 2.38. The highest BCUT2D eigenvalue weighted by atomic mass is 32.1. The molecule has 1 saturated heterocycles. The zero-order valence-electron chi connectivity index (χ0n) is 14.5. The molecule has 1 unspecified atom stereocenters. The van der Waals surface area contributed by atoms with Gasteiger partial charge in [-0.05, 0) is 31.2 Å². The Balaban J connectivity index is 1.26. The number of hydrogen-bond acceptors (Lipinski definition) is 6. The third-order valence-electron chi connectivity index (χ3n) is 4.96. The van der Waals surface area contributed by atoms with E-state index in [1.54, 1.807) is 22.7 Å². The molecule has 134 valence electrons. The predicted molar refractivity (Wildman–Crippen MR) is 103 cm³/mol. The van der Waals surface area contributed by atoms with Crippen molar-refractivity contribution in [2.75, 3.05) is 26.2 Å². The maximum absolute atomic E-state index is 12.2. The van der Waals surface area contributed by atoms with E-state index in [0.717, 1.165) is 56.3 Å². The summed E-state index contributed by atoms with van der Waals surface area (Å²) in [5.74, 6) is 0.191. The number of nitrogens with zero attached hydrogens (tertiary/aromatic N) is 3. The van der Waals surface area contributed by atoms with Crippen LogP contribution in [0.5, 0.6) is 0 Å². The van der Waals surface area contributed by atoms with Crippen LogP contribution in [0.1, 0.15) is 25.5 Å². The maximum Gasteiger partial charge on any atom is 0.237 e. The van der Waals surface area contributed by atoms with E-state index in [4.69, 9.17) is 4.98 Å². The molecule has 1 amide bonds. The van der Waals surface area contributed by atoms with Gasteiger partial charge in [-0.15, -0.1) is 11.3 Å². The highest BCUT2D eigenvalue weighted by Crippen LogP contribution is 2.26. The van der Waals surface area contributed by atoms with Gasteiger partial charge >= 0.3 is 0 Å². The molecule has 0 spiro atoms. The molecule has 1 aliphatic heterocycles. The van der Waals surface area contributed by atoms with Gasteiger partial charge in [-0.1, -0.05) is 0 Å². The lowest BCUT2D eigenvalue weighted by atomic mass is 10.2. The lowest BCUT2D eigenvalue weighted by Gasteiger charge is -2.37. The molecule has 1 N–H and O–H groups in total. The molecule has 0 bridgehead atoms. The molecule has 3 heterocycles. The SMILES string of the molecule is CC(C(=O)NC1CC1)N1CCN(Cc2csc(-c3ccsc3)n2)CC1. The van der Waals surface area contributed by atoms with Crippen LogP contribution >= 0.6 is 22.7 Å². The molecule has 5 nitrogen and oxygen atoms in total. The normalized spacial score (nSPS) is 20.5. The van der Waals surface area contributed by atoms with Crippen LogP contribution in [0.3, 0.4) is 0 Å². The van der Waals surface area contributed by atoms with Crippen molar-refractivity contribution in [3.05, 3.63) is 27.9 Å². The molecule has 1 atom stereocenters. The van der Waals surface area contributed by atoms with E-state index in [2.05, 4.69) is 37.3 Å². The second kappa shape index (κ2) is 7.53. The number of thiophene rings is 1. The summed E-state index contributed by atoms with van der Waals surface area (Å²) < 4.78 is 0. The number of piperazine rings is 1. The minimum atomic E-state index is -0.0211. The Hall–Kier alpha value is -1.28. The molecule has 0 aromatic carbocycles. The Kier molecular flexibility index (Phi) is 5.17. The van der Waals surface area contributed by atoms with Crippen LogP contribution in [0.4, 0.5) is 0 Å². The standard InChI is InChI=1S/C18H24N4OS2/c1-13(17(23)19-15-2-3-15)22-7-5-21(6-8-22)10-16-12-25-18(20-16)14-4-9-24-11-14/h4,9,11-13,15H,2-3,5-8,10H2,1H3,(H,19,23). The molecular weight excluding hydrogens is 352 g/mol. The Morgan fingerprint density at radius 1 is 1.32 bits per heavy atom. The lowest BCUT2D eigenvalue weighted by Crippen LogP contribution is -2.53. The number of thiazole rings is 1. The smallest absolute Gasteiger partial charge is 0.237 e. The van der Waals surface area contributed by atoms with E-state index in [0.29, 0.717) is 6.04 Å². The lowest BCUT2D eigenvalue weighted by molar-refractivity contribution is -0.126. The Bertz CT molecular complexity index is 702. The fourth-order valence-corrected chi connectivity index (χ4v) is 4.67. The van der Waals surface area contributed by atoms with Gasteiger partial charge < -0.3 is 5.32 Å². The molecule has 1 aliphatic carbocycles. The topological polar surface area (TPSA) is 48.5 Å². The zero-order valence-corrected chi connectivity index (χ0v) is 16.1. The Labute approximate surface area is 156 Å². The number of hydrogen-bond donors (Lipinski definition) is 1. The molecule has 2 aromatic heterocycles. The Morgan fingerprint density at radius 3 is 2.80 bits per heavy atom. The molecule has 2 fully saturated rings. The largest absolute Gasteiger partial charge is 0.352 e. The summed E-state index contributed by atoms with van der Waals surface area (Å²) >= 11 is 3.43. The summed E-state index contributed by atoms with van der Waals surface area (Å²) in [7, 11) is 0. The first-order valence-electron chi connectivity index (χ1n) is 8.93. The Morgan fingerprint density at radius 2 is 2.12 bits per heavy atom. The van der Waals surface area contributed by atoms with Crippen LogP contribution in [0.15, 0.2) is 22.2 Å². The van der Waals surface area contributed by atoms with Gasteiger partial charge in [-0.3, -0.25) is 14.6 Å². The third-order valence-corrected chi connectivity index (χ3v) is 6.59. The second-order valence-electron chi connectivity index (χ2n) is 6.93. The molecule has 25 heavy (non-hydrogen) atoms. The van der Waals surface area contributed by atoms with E-state index in [9.17, 15) is 4.79 Å². The average Bonchev–Trinajstić information content (AvgIpc) is 3.10. The molecule has 4 rings (SSSR count). The monoisotopic (exact) mass is 376 g/mol. The van der Waals surface area contributed by atoms with Crippen LogP contribution in [0, 0.1) is 0 Å². The highest BCUT2D eigenvalue weighted by Gasteiger charge is 2.30. The van der Waals surface area contributed by atoms with Gasteiger partial charge in [0.1, 0.15) is 5.01 Å². The van der Waals surface area contributed by atoms with E-state index in [1.165, 1.54) is 5.56 Å². The molecule has 7 heteroatoms. The van der Waals surface area contributed by atoms with Crippen LogP contribution in [0.25, 0.3) is 10.6 Å². The van der Waals surface area contributed by atoms with Crippen molar-refractivity contribution in [2.24, 2.45) is 0 Å².